The van der Waals surface area contributed by atoms with Crippen LogP contribution in [0.3, 0.4) is 0 Å². The standard InChI is InChI=1S/C13H13NO4S/c1-17-8-5-9-11(19-7-12(15)16)3-4-14-13(9)10(6-8)18-2/h3-6H,7H2,1-2H3,(H,15,16). The van der Waals surface area contributed by atoms with Gasteiger partial charge in [0.05, 0.1) is 20.0 Å². The maximum Gasteiger partial charge on any atom is 0.313 e. The van der Waals surface area contributed by atoms with Crippen molar-refractivity contribution in [3.63, 3.8) is 0 Å². The van der Waals surface area contributed by atoms with Gasteiger partial charge in [0.25, 0.3) is 0 Å². The molecule has 0 aliphatic carbocycles. The number of methoxy groups -OCH3 is 2. The van der Waals surface area contributed by atoms with Gasteiger partial charge in [0.1, 0.15) is 17.0 Å². The van der Waals surface area contributed by atoms with Gasteiger partial charge in [0, 0.05) is 22.5 Å². The van der Waals surface area contributed by atoms with E-state index in [1.165, 1.54) is 11.8 Å². The van der Waals surface area contributed by atoms with E-state index in [-0.39, 0.29) is 5.75 Å². The van der Waals surface area contributed by atoms with Crippen molar-refractivity contribution in [1.82, 2.24) is 4.98 Å². The quantitative estimate of drug-likeness (QED) is 0.848. The van der Waals surface area contributed by atoms with Crippen molar-refractivity contribution in [3.05, 3.63) is 24.4 Å². The molecule has 0 saturated heterocycles. The van der Waals surface area contributed by atoms with Crippen LogP contribution >= 0.6 is 11.8 Å². The number of hydrogen-bond acceptors (Lipinski definition) is 5. The highest BCUT2D eigenvalue weighted by atomic mass is 32.2. The van der Waals surface area contributed by atoms with Gasteiger partial charge in [-0.05, 0) is 12.1 Å². The molecule has 0 bridgehead atoms. The molecule has 0 fully saturated rings. The monoisotopic (exact) mass is 279 g/mol. The van der Waals surface area contributed by atoms with E-state index in [4.69, 9.17) is 14.6 Å². The summed E-state index contributed by atoms with van der Waals surface area (Å²) in [6, 6.07) is 5.37. The highest BCUT2D eigenvalue weighted by Gasteiger charge is 2.11. The fourth-order valence-electron chi connectivity index (χ4n) is 1.71. The molecule has 0 aliphatic rings. The van der Waals surface area contributed by atoms with Gasteiger partial charge >= 0.3 is 5.97 Å². The Morgan fingerprint density at radius 3 is 2.79 bits per heavy atom. The number of nitrogens with zero attached hydrogens (tertiary/aromatic N) is 1. The van der Waals surface area contributed by atoms with Crippen molar-refractivity contribution in [1.29, 1.82) is 0 Å². The molecule has 1 N–H and O–H groups in total. The Balaban J connectivity index is 2.55. The summed E-state index contributed by atoms with van der Waals surface area (Å²) >= 11 is 1.25. The molecule has 0 aliphatic heterocycles. The van der Waals surface area contributed by atoms with Crippen LogP contribution in [0.15, 0.2) is 29.3 Å². The molecule has 2 aromatic rings. The fraction of sp³-hybridized carbons (Fsp3) is 0.231. The SMILES string of the molecule is COc1cc(OC)c2nccc(SCC(=O)O)c2c1. The Kier molecular flexibility index (Phi) is 4.11. The van der Waals surface area contributed by atoms with E-state index >= 15 is 0 Å². The van der Waals surface area contributed by atoms with E-state index in [2.05, 4.69) is 4.98 Å². The Morgan fingerprint density at radius 2 is 2.16 bits per heavy atom. The summed E-state index contributed by atoms with van der Waals surface area (Å²) in [6.45, 7) is 0. The Bertz CT molecular complexity index is 615. The average Bonchev–Trinajstić information content (AvgIpc) is 2.43. The second-order valence-corrected chi connectivity index (χ2v) is 4.73. The fourth-order valence-corrected chi connectivity index (χ4v) is 2.46. The third-order valence-corrected chi connectivity index (χ3v) is 3.61. The summed E-state index contributed by atoms with van der Waals surface area (Å²) in [4.78, 5) is 15.8. The third kappa shape index (κ3) is 2.90. The first-order chi connectivity index (χ1) is 9.15. The topological polar surface area (TPSA) is 68.7 Å². The smallest absolute Gasteiger partial charge is 0.313 e. The normalized spacial score (nSPS) is 10.4. The van der Waals surface area contributed by atoms with Gasteiger partial charge in [-0.1, -0.05) is 0 Å². The number of aliphatic carboxylic acids is 1. The van der Waals surface area contributed by atoms with E-state index in [1.807, 2.05) is 6.07 Å². The highest BCUT2D eigenvalue weighted by Crippen LogP contribution is 2.35. The molecule has 0 radical (unpaired) electrons. The summed E-state index contributed by atoms with van der Waals surface area (Å²) in [5.41, 5.74) is 0.693. The van der Waals surface area contributed by atoms with Gasteiger partial charge in [-0.15, -0.1) is 11.8 Å². The van der Waals surface area contributed by atoms with E-state index < -0.39 is 5.97 Å². The minimum atomic E-state index is -0.857. The minimum Gasteiger partial charge on any atom is -0.497 e. The van der Waals surface area contributed by atoms with Crippen LogP contribution in [-0.4, -0.2) is 36.0 Å². The first kappa shape index (κ1) is 13.5. The molecule has 2 rings (SSSR count). The number of carbonyl (C=O) groups is 1. The molecule has 19 heavy (non-hydrogen) atoms. The summed E-state index contributed by atoms with van der Waals surface area (Å²) in [6.07, 6.45) is 1.64. The van der Waals surface area contributed by atoms with Gasteiger partial charge < -0.3 is 14.6 Å². The zero-order valence-electron chi connectivity index (χ0n) is 10.5. The number of carboxylic acid groups (broad SMARTS) is 1. The van der Waals surface area contributed by atoms with Gasteiger partial charge in [-0.25, -0.2) is 0 Å². The first-order valence-electron chi connectivity index (χ1n) is 5.51. The number of ether oxygens (including phenoxy) is 2. The van der Waals surface area contributed by atoms with Crippen molar-refractivity contribution in [2.45, 2.75) is 4.90 Å². The lowest BCUT2D eigenvalue weighted by molar-refractivity contribution is -0.133. The molecule has 0 spiro atoms. The van der Waals surface area contributed by atoms with Crippen molar-refractivity contribution in [3.8, 4) is 11.5 Å². The van der Waals surface area contributed by atoms with E-state index in [0.29, 0.717) is 17.0 Å². The number of pyridine rings is 1. The van der Waals surface area contributed by atoms with Gasteiger partial charge in [-0.2, -0.15) is 0 Å². The molecule has 5 nitrogen and oxygen atoms in total. The molecular formula is C13H13NO4S. The van der Waals surface area contributed by atoms with Crippen LogP contribution in [0.25, 0.3) is 10.9 Å². The third-order valence-electron chi connectivity index (χ3n) is 2.55. The number of thioether (sulfide) groups is 1. The second kappa shape index (κ2) is 5.79. The maximum absolute atomic E-state index is 10.7. The molecule has 0 unspecified atom stereocenters. The average molecular weight is 279 g/mol. The van der Waals surface area contributed by atoms with Crippen molar-refractivity contribution in [2.24, 2.45) is 0 Å². The van der Waals surface area contributed by atoms with Gasteiger partial charge in [0.15, 0.2) is 0 Å². The zero-order valence-corrected chi connectivity index (χ0v) is 11.4. The first-order valence-corrected chi connectivity index (χ1v) is 6.49. The number of aromatic nitrogens is 1. The van der Waals surface area contributed by atoms with Crippen LogP contribution in [0.1, 0.15) is 0 Å². The summed E-state index contributed by atoms with van der Waals surface area (Å²) in [7, 11) is 3.13. The number of benzene rings is 1. The summed E-state index contributed by atoms with van der Waals surface area (Å²) < 4.78 is 10.5. The molecule has 0 saturated carbocycles. The summed E-state index contributed by atoms with van der Waals surface area (Å²) in [5.74, 6) is 0.394. The lowest BCUT2D eigenvalue weighted by Gasteiger charge is -2.10. The molecule has 6 heteroatoms. The van der Waals surface area contributed by atoms with Crippen molar-refractivity contribution < 1.29 is 19.4 Å². The molecule has 1 heterocycles. The molecular weight excluding hydrogens is 266 g/mol. The van der Waals surface area contributed by atoms with Gasteiger partial charge in [0.2, 0.25) is 0 Å². The zero-order chi connectivity index (χ0) is 13.8. The van der Waals surface area contributed by atoms with Crippen LogP contribution in [0, 0.1) is 0 Å². The molecule has 100 valence electrons. The van der Waals surface area contributed by atoms with Gasteiger partial charge in [-0.3, -0.25) is 9.78 Å². The Hall–Kier alpha value is -1.95. The molecule has 0 atom stereocenters. The lowest BCUT2D eigenvalue weighted by Crippen LogP contribution is -1.98. The Labute approximate surface area is 114 Å². The lowest BCUT2D eigenvalue weighted by atomic mass is 10.2. The predicted molar refractivity (Wildman–Crippen MR) is 73.2 cm³/mol. The number of carboxylic acids is 1. The minimum absolute atomic E-state index is 0.00135. The largest absolute Gasteiger partial charge is 0.497 e. The van der Waals surface area contributed by atoms with Crippen LogP contribution in [-0.2, 0) is 4.79 Å². The number of rotatable bonds is 5. The second-order valence-electron chi connectivity index (χ2n) is 3.72. The number of hydrogen-bond donors (Lipinski definition) is 1. The Morgan fingerprint density at radius 1 is 1.37 bits per heavy atom. The summed E-state index contributed by atoms with van der Waals surface area (Å²) in [5, 5.41) is 9.59. The van der Waals surface area contributed by atoms with Crippen LogP contribution in [0.5, 0.6) is 11.5 Å². The van der Waals surface area contributed by atoms with E-state index in [9.17, 15) is 4.79 Å². The van der Waals surface area contributed by atoms with Crippen LogP contribution < -0.4 is 9.47 Å². The molecule has 1 aromatic carbocycles. The highest BCUT2D eigenvalue weighted by molar-refractivity contribution is 8.00. The van der Waals surface area contributed by atoms with E-state index in [1.54, 1.807) is 32.5 Å². The van der Waals surface area contributed by atoms with Crippen molar-refractivity contribution >= 4 is 28.6 Å². The molecule has 0 amide bonds. The van der Waals surface area contributed by atoms with E-state index in [0.717, 1.165) is 10.3 Å². The number of fused-ring (bicyclic) bond motifs is 1. The maximum atomic E-state index is 10.7. The van der Waals surface area contributed by atoms with Crippen molar-refractivity contribution in [2.75, 3.05) is 20.0 Å². The van der Waals surface area contributed by atoms with Crippen LogP contribution in [0.2, 0.25) is 0 Å². The molecule has 1 aromatic heterocycles. The predicted octanol–water partition coefficient (Wildman–Crippen LogP) is 2.43. The van der Waals surface area contributed by atoms with Crippen LogP contribution in [0.4, 0.5) is 0 Å².